The number of fused-ring (bicyclic) bond motifs is 1. The van der Waals surface area contributed by atoms with E-state index in [2.05, 4.69) is 35.9 Å². The van der Waals surface area contributed by atoms with Crippen molar-refractivity contribution in [1.82, 2.24) is 4.90 Å². The van der Waals surface area contributed by atoms with Gasteiger partial charge in [0.1, 0.15) is 0 Å². The Hall–Kier alpha value is -1.55. The Morgan fingerprint density at radius 2 is 2.17 bits per heavy atom. The second kappa shape index (κ2) is 5.40. The van der Waals surface area contributed by atoms with E-state index in [0.29, 0.717) is 12.6 Å². The van der Waals surface area contributed by atoms with Crippen molar-refractivity contribution >= 4 is 11.7 Å². The highest BCUT2D eigenvalue weighted by Crippen LogP contribution is 2.25. The molecule has 0 spiro atoms. The molecule has 18 heavy (non-hydrogen) atoms. The summed E-state index contributed by atoms with van der Waals surface area (Å²) in [7, 11) is 2.09. The van der Waals surface area contributed by atoms with E-state index in [1.54, 1.807) is 0 Å². The molecule has 0 bridgehead atoms. The first-order chi connectivity index (χ1) is 8.58. The lowest BCUT2D eigenvalue weighted by Gasteiger charge is -2.27. The average Bonchev–Trinajstić information content (AvgIpc) is 2.45. The summed E-state index contributed by atoms with van der Waals surface area (Å²) in [5.41, 5.74) is 2.52. The number of carbonyl (C=O) groups is 1. The number of aliphatic carboxylic acids is 1. The number of carboxylic acid groups (broad SMARTS) is 1. The smallest absolute Gasteiger partial charge is 0.304 e. The Morgan fingerprint density at radius 3 is 2.89 bits per heavy atom. The Morgan fingerprint density at radius 1 is 1.44 bits per heavy atom. The van der Waals surface area contributed by atoms with Crippen LogP contribution in [-0.2, 0) is 11.3 Å². The standard InChI is InChI=1S/C14H20N2O2/c1-11-9-15(2)13-6-4-3-5-12(13)10-16(11)8-7-14(17)18/h3-6,11H,7-10H2,1-2H3,(H,17,18)/t11-/m1/s1. The van der Waals surface area contributed by atoms with Crippen LogP contribution >= 0.6 is 0 Å². The van der Waals surface area contributed by atoms with Crippen molar-refractivity contribution in [2.45, 2.75) is 25.9 Å². The maximum absolute atomic E-state index is 10.7. The third-order valence-corrected chi connectivity index (χ3v) is 3.55. The highest BCUT2D eigenvalue weighted by molar-refractivity contribution is 5.66. The molecule has 0 radical (unpaired) electrons. The molecule has 1 aliphatic rings. The number of rotatable bonds is 3. The fourth-order valence-electron chi connectivity index (χ4n) is 2.54. The van der Waals surface area contributed by atoms with Gasteiger partial charge in [0.2, 0.25) is 0 Å². The van der Waals surface area contributed by atoms with E-state index in [9.17, 15) is 4.79 Å². The first-order valence-corrected chi connectivity index (χ1v) is 6.33. The van der Waals surface area contributed by atoms with Crippen molar-refractivity contribution in [3.8, 4) is 0 Å². The van der Waals surface area contributed by atoms with Crippen LogP contribution in [0.15, 0.2) is 24.3 Å². The predicted molar refractivity (Wildman–Crippen MR) is 71.8 cm³/mol. The van der Waals surface area contributed by atoms with Crippen molar-refractivity contribution in [2.75, 3.05) is 25.0 Å². The lowest BCUT2D eigenvalue weighted by molar-refractivity contribution is -0.137. The minimum atomic E-state index is -0.729. The zero-order valence-corrected chi connectivity index (χ0v) is 11.0. The first kappa shape index (κ1) is 12.9. The number of likely N-dealkylation sites (N-methyl/N-ethyl adjacent to an activating group) is 1. The Balaban J connectivity index is 2.17. The van der Waals surface area contributed by atoms with Gasteiger partial charge in [0.05, 0.1) is 6.42 Å². The maximum atomic E-state index is 10.7. The highest BCUT2D eigenvalue weighted by Gasteiger charge is 2.23. The summed E-state index contributed by atoms with van der Waals surface area (Å²) in [5.74, 6) is -0.729. The molecule has 0 unspecified atom stereocenters. The molecule has 0 aromatic heterocycles. The van der Waals surface area contributed by atoms with E-state index in [-0.39, 0.29) is 6.42 Å². The zero-order valence-electron chi connectivity index (χ0n) is 11.0. The van der Waals surface area contributed by atoms with Crippen molar-refractivity contribution in [2.24, 2.45) is 0 Å². The van der Waals surface area contributed by atoms with Gasteiger partial charge in [-0.2, -0.15) is 0 Å². The molecule has 1 aliphatic heterocycles. The zero-order chi connectivity index (χ0) is 13.1. The first-order valence-electron chi connectivity index (χ1n) is 6.33. The number of nitrogens with zero attached hydrogens (tertiary/aromatic N) is 2. The van der Waals surface area contributed by atoms with Crippen LogP contribution in [0.4, 0.5) is 5.69 Å². The fourth-order valence-corrected chi connectivity index (χ4v) is 2.54. The second-order valence-electron chi connectivity index (χ2n) is 4.97. The molecule has 0 amide bonds. The van der Waals surface area contributed by atoms with E-state index < -0.39 is 5.97 Å². The summed E-state index contributed by atoms with van der Waals surface area (Å²) in [6.07, 6.45) is 0.205. The molecule has 0 saturated carbocycles. The predicted octanol–water partition coefficient (Wildman–Crippen LogP) is 1.80. The molecule has 0 fully saturated rings. The largest absolute Gasteiger partial charge is 0.481 e. The van der Waals surface area contributed by atoms with Gasteiger partial charge in [-0.3, -0.25) is 9.69 Å². The SMILES string of the molecule is C[C@@H]1CN(C)c2ccccc2CN1CCC(=O)O. The number of carboxylic acids is 1. The van der Waals surface area contributed by atoms with Crippen LogP contribution < -0.4 is 4.90 Å². The van der Waals surface area contributed by atoms with Gasteiger partial charge in [-0.25, -0.2) is 0 Å². The Bertz CT molecular complexity index is 434. The van der Waals surface area contributed by atoms with E-state index in [1.807, 2.05) is 12.1 Å². The highest BCUT2D eigenvalue weighted by atomic mass is 16.4. The molecule has 0 saturated heterocycles. The summed E-state index contributed by atoms with van der Waals surface area (Å²) in [6, 6.07) is 8.70. The fraction of sp³-hybridized carbons (Fsp3) is 0.500. The van der Waals surface area contributed by atoms with Gasteiger partial charge in [-0.1, -0.05) is 18.2 Å². The molecule has 1 atom stereocenters. The van der Waals surface area contributed by atoms with Crippen LogP contribution in [-0.4, -0.2) is 42.2 Å². The lowest BCUT2D eigenvalue weighted by atomic mass is 10.1. The van der Waals surface area contributed by atoms with E-state index in [1.165, 1.54) is 11.3 Å². The monoisotopic (exact) mass is 248 g/mol. The maximum Gasteiger partial charge on any atom is 0.304 e. The number of hydrogen-bond donors (Lipinski definition) is 1. The number of anilines is 1. The van der Waals surface area contributed by atoms with Crippen molar-refractivity contribution in [1.29, 1.82) is 0 Å². The molecule has 1 aromatic carbocycles. The minimum Gasteiger partial charge on any atom is -0.481 e. The van der Waals surface area contributed by atoms with E-state index in [0.717, 1.165) is 13.1 Å². The third-order valence-electron chi connectivity index (χ3n) is 3.55. The van der Waals surface area contributed by atoms with Gasteiger partial charge in [0.25, 0.3) is 0 Å². The van der Waals surface area contributed by atoms with Gasteiger partial charge < -0.3 is 10.0 Å². The van der Waals surface area contributed by atoms with Gasteiger partial charge in [-0.05, 0) is 18.6 Å². The third kappa shape index (κ3) is 2.82. The lowest BCUT2D eigenvalue weighted by Crippen LogP contribution is -2.39. The summed E-state index contributed by atoms with van der Waals surface area (Å²) in [4.78, 5) is 15.2. The van der Waals surface area contributed by atoms with Gasteiger partial charge in [0.15, 0.2) is 0 Å². The summed E-state index contributed by atoms with van der Waals surface area (Å²) in [6.45, 7) is 4.52. The number of para-hydroxylation sites is 1. The Kier molecular flexibility index (Phi) is 3.87. The minimum absolute atomic E-state index is 0.205. The summed E-state index contributed by atoms with van der Waals surface area (Å²) < 4.78 is 0. The summed E-state index contributed by atoms with van der Waals surface area (Å²) >= 11 is 0. The van der Waals surface area contributed by atoms with Crippen molar-refractivity contribution in [3.05, 3.63) is 29.8 Å². The summed E-state index contributed by atoms with van der Waals surface area (Å²) in [5, 5.41) is 8.81. The molecule has 1 N–H and O–H groups in total. The molecule has 1 aromatic rings. The van der Waals surface area contributed by atoms with Crippen LogP contribution in [0.3, 0.4) is 0 Å². The topological polar surface area (TPSA) is 43.8 Å². The molecule has 2 rings (SSSR count). The quantitative estimate of drug-likeness (QED) is 0.886. The van der Waals surface area contributed by atoms with E-state index in [4.69, 9.17) is 5.11 Å². The average molecular weight is 248 g/mol. The van der Waals surface area contributed by atoms with Gasteiger partial charge in [0, 0.05) is 38.4 Å². The van der Waals surface area contributed by atoms with Crippen LogP contribution in [0.1, 0.15) is 18.9 Å². The molecule has 1 heterocycles. The van der Waals surface area contributed by atoms with E-state index >= 15 is 0 Å². The van der Waals surface area contributed by atoms with Crippen LogP contribution in [0.25, 0.3) is 0 Å². The van der Waals surface area contributed by atoms with Gasteiger partial charge >= 0.3 is 5.97 Å². The molecule has 4 heteroatoms. The van der Waals surface area contributed by atoms with Crippen LogP contribution in [0.5, 0.6) is 0 Å². The van der Waals surface area contributed by atoms with Crippen LogP contribution in [0, 0.1) is 0 Å². The molecule has 0 aliphatic carbocycles. The molecule has 98 valence electrons. The van der Waals surface area contributed by atoms with Gasteiger partial charge in [-0.15, -0.1) is 0 Å². The van der Waals surface area contributed by atoms with Crippen molar-refractivity contribution in [3.63, 3.8) is 0 Å². The molecular formula is C14H20N2O2. The number of hydrogen-bond acceptors (Lipinski definition) is 3. The van der Waals surface area contributed by atoms with Crippen LogP contribution in [0.2, 0.25) is 0 Å². The number of benzene rings is 1. The Labute approximate surface area is 108 Å². The second-order valence-corrected chi connectivity index (χ2v) is 4.97. The molecule has 4 nitrogen and oxygen atoms in total. The van der Waals surface area contributed by atoms with Crippen molar-refractivity contribution < 1.29 is 9.90 Å². The normalized spacial score (nSPS) is 20.3. The molecular weight excluding hydrogens is 228 g/mol.